The number of nitrogens with one attached hydrogen (secondary N) is 1. The minimum absolute atomic E-state index is 0.00761. The monoisotopic (exact) mass is 355 g/mol. The van der Waals surface area contributed by atoms with Crippen LogP contribution < -0.4 is 5.32 Å². The first-order valence-electron chi connectivity index (χ1n) is 8.44. The summed E-state index contributed by atoms with van der Waals surface area (Å²) < 4.78 is 3.98. The maximum atomic E-state index is 12.6. The van der Waals surface area contributed by atoms with Crippen molar-refractivity contribution < 1.29 is 4.79 Å². The van der Waals surface area contributed by atoms with E-state index in [4.69, 9.17) is 0 Å². The summed E-state index contributed by atoms with van der Waals surface area (Å²) in [5.74, 6) is 0.605. The third-order valence-corrected chi connectivity index (χ3v) is 5.52. The van der Waals surface area contributed by atoms with Crippen LogP contribution >= 0.6 is 11.3 Å². The summed E-state index contributed by atoms with van der Waals surface area (Å²) in [5, 5.41) is 6.21. The Morgan fingerprint density at radius 2 is 2.28 bits per heavy atom. The Hall–Kier alpha value is -2.41. The molecule has 7 heteroatoms. The van der Waals surface area contributed by atoms with Gasteiger partial charge in [-0.2, -0.15) is 0 Å². The average Bonchev–Trinajstić information content (AvgIpc) is 3.26. The smallest absolute Gasteiger partial charge is 0.268 e. The predicted molar refractivity (Wildman–Crippen MR) is 97.5 cm³/mol. The Labute approximate surface area is 150 Å². The largest absolute Gasteiger partial charge is 0.348 e. The maximum absolute atomic E-state index is 12.6. The molecule has 1 amide bonds. The van der Waals surface area contributed by atoms with Gasteiger partial charge in [-0.15, -0.1) is 11.3 Å². The molecule has 3 aromatic rings. The van der Waals surface area contributed by atoms with Crippen molar-refractivity contribution in [3.8, 4) is 11.3 Å². The van der Waals surface area contributed by atoms with Crippen molar-refractivity contribution in [3.63, 3.8) is 0 Å². The van der Waals surface area contributed by atoms with Crippen molar-refractivity contribution in [3.05, 3.63) is 47.1 Å². The van der Waals surface area contributed by atoms with E-state index in [-0.39, 0.29) is 11.9 Å². The highest BCUT2D eigenvalue weighted by molar-refractivity contribution is 7.09. The fourth-order valence-corrected chi connectivity index (χ4v) is 4.00. The van der Waals surface area contributed by atoms with Gasteiger partial charge in [0.1, 0.15) is 5.69 Å². The van der Waals surface area contributed by atoms with Gasteiger partial charge in [-0.25, -0.2) is 9.97 Å². The molecule has 0 atom stereocenters. The maximum Gasteiger partial charge on any atom is 0.268 e. The van der Waals surface area contributed by atoms with Crippen LogP contribution in [0.3, 0.4) is 0 Å². The first kappa shape index (κ1) is 16.1. The van der Waals surface area contributed by atoms with Crippen molar-refractivity contribution in [1.29, 1.82) is 0 Å². The van der Waals surface area contributed by atoms with E-state index in [0.717, 1.165) is 35.7 Å². The normalized spacial score (nSPS) is 19.6. The van der Waals surface area contributed by atoms with Gasteiger partial charge in [0.2, 0.25) is 0 Å². The second-order valence-electron chi connectivity index (χ2n) is 6.74. The van der Waals surface area contributed by atoms with Crippen molar-refractivity contribution in [1.82, 2.24) is 24.4 Å². The number of hydrogen-bond acceptors (Lipinski definition) is 4. The van der Waals surface area contributed by atoms with Crippen LogP contribution in [-0.4, -0.2) is 31.1 Å². The van der Waals surface area contributed by atoms with Crippen molar-refractivity contribution >= 4 is 17.2 Å². The van der Waals surface area contributed by atoms with E-state index in [0.29, 0.717) is 11.6 Å². The molecule has 3 aromatic heterocycles. The minimum Gasteiger partial charge on any atom is -0.348 e. The molecule has 1 saturated carbocycles. The van der Waals surface area contributed by atoms with Gasteiger partial charge in [0, 0.05) is 49.2 Å². The van der Waals surface area contributed by atoms with Gasteiger partial charge in [-0.3, -0.25) is 4.79 Å². The summed E-state index contributed by atoms with van der Waals surface area (Å²) >= 11 is 1.62. The summed E-state index contributed by atoms with van der Waals surface area (Å²) in [6, 6.07) is 2.19. The summed E-state index contributed by atoms with van der Waals surface area (Å²) in [7, 11) is 1.90. The number of carbonyl (C=O) groups is 1. The van der Waals surface area contributed by atoms with Crippen LogP contribution in [0.5, 0.6) is 0 Å². The predicted octanol–water partition coefficient (Wildman–Crippen LogP) is 2.86. The molecule has 1 N–H and O–H groups in total. The third-order valence-electron chi connectivity index (χ3n) is 4.75. The van der Waals surface area contributed by atoms with Gasteiger partial charge in [0.05, 0.1) is 17.0 Å². The Morgan fingerprint density at radius 3 is 2.96 bits per heavy atom. The number of aromatic nitrogens is 4. The molecule has 0 unspecified atom stereocenters. The molecule has 0 saturated heterocycles. The zero-order valence-electron chi connectivity index (χ0n) is 14.3. The molecule has 0 radical (unpaired) electrons. The van der Waals surface area contributed by atoms with E-state index in [1.165, 1.54) is 0 Å². The molecule has 25 heavy (non-hydrogen) atoms. The van der Waals surface area contributed by atoms with E-state index in [9.17, 15) is 4.79 Å². The lowest BCUT2D eigenvalue weighted by Crippen LogP contribution is -2.45. The van der Waals surface area contributed by atoms with E-state index < -0.39 is 0 Å². The lowest BCUT2D eigenvalue weighted by molar-refractivity contribution is 0.0873. The molecule has 1 fully saturated rings. The highest BCUT2D eigenvalue weighted by Gasteiger charge is 2.31. The second kappa shape index (κ2) is 6.48. The number of carbonyl (C=O) groups excluding carboxylic acids is 1. The van der Waals surface area contributed by atoms with Gasteiger partial charge >= 0.3 is 0 Å². The highest BCUT2D eigenvalue weighted by atomic mass is 32.1. The highest BCUT2D eigenvalue weighted by Crippen LogP contribution is 2.29. The van der Waals surface area contributed by atoms with Crippen molar-refractivity contribution in [2.45, 2.75) is 32.4 Å². The van der Waals surface area contributed by atoms with E-state index in [2.05, 4.69) is 19.9 Å². The molecular formula is C18H21N5OS. The molecule has 4 rings (SSSR count). The van der Waals surface area contributed by atoms with Crippen LogP contribution in [0.25, 0.3) is 11.3 Å². The molecule has 0 aliphatic heterocycles. The van der Waals surface area contributed by atoms with Gasteiger partial charge in [0.15, 0.2) is 0 Å². The lowest BCUT2D eigenvalue weighted by atomic mass is 9.80. The number of hydrogen-bond donors (Lipinski definition) is 1. The van der Waals surface area contributed by atoms with Gasteiger partial charge in [0.25, 0.3) is 5.91 Å². The van der Waals surface area contributed by atoms with Crippen molar-refractivity contribution in [2.24, 2.45) is 13.0 Å². The molecule has 3 heterocycles. The van der Waals surface area contributed by atoms with Crippen LogP contribution in [0.1, 0.15) is 28.3 Å². The third kappa shape index (κ3) is 3.37. The zero-order chi connectivity index (χ0) is 17.4. The van der Waals surface area contributed by atoms with Crippen LogP contribution in [0.2, 0.25) is 0 Å². The SMILES string of the molecule is Cc1nc(-c2cc(C(=O)NC3CC(Cn4ccnc4)C3)n(C)c2)cs1. The summed E-state index contributed by atoms with van der Waals surface area (Å²) in [4.78, 5) is 21.1. The number of rotatable bonds is 5. The van der Waals surface area contributed by atoms with Crippen LogP contribution in [0.4, 0.5) is 0 Å². The first-order chi connectivity index (χ1) is 12.1. The molecule has 0 spiro atoms. The van der Waals surface area contributed by atoms with Crippen LogP contribution in [-0.2, 0) is 13.6 Å². The lowest BCUT2D eigenvalue weighted by Gasteiger charge is -2.36. The molecule has 0 bridgehead atoms. The number of thiazole rings is 1. The Morgan fingerprint density at radius 1 is 1.44 bits per heavy atom. The van der Waals surface area contributed by atoms with Gasteiger partial charge in [-0.1, -0.05) is 0 Å². The Bertz CT molecular complexity index is 873. The van der Waals surface area contributed by atoms with Crippen LogP contribution in [0, 0.1) is 12.8 Å². The van der Waals surface area contributed by atoms with Gasteiger partial charge < -0.3 is 14.5 Å². The molecule has 0 aromatic carbocycles. The standard InChI is InChI=1S/C18H21N5OS/c1-12-20-16(10-25-12)14-7-17(22(2)9-14)18(24)21-15-5-13(6-15)8-23-4-3-19-11-23/h3-4,7,9-11,13,15H,5-6,8H2,1-2H3,(H,21,24). The minimum atomic E-state index is -0.00761. The second-order valence-corrected chi connectivity index (χ2v) is 7.81. The molecule has 1 aliphatic rings. The van der Waals surface area contributed by atoms with Crippen LogP contribution in [0.15, 0.2) is 36.4 Å². The fourth-order valence-electron chi connectivity index (χ4n) is 3.38. The van der Waals surface area contributed by atoms with E-state index in [1.807, 2.05) is 48.7 Å². The fraction of sp³-hybridized carbons (Fsp3) is 0.389. The molecular weight excluding hydrogens is 334 g/mol. The molecule has 6 nitrogen and oxygen atoms in total. The number of amides is 1. The summed E-state index contributed by atoms with van der Waals surface area (Å²) in [5.41, 5.74) is 2.60. The van der Waals surface area contributed by atoms with E-state index >= 15 is 0 Å². The van der Waals surface area contributed by atoms with Crippen molar-refractivity contribution in [2.75, 3.05) is 0 Å². The number of aryl methyl sites for hydroxylation is 2. The van der Waals surface area contributed by atoms with E-state index in [1.54, 1.807) is 17.5 Å². The topological polar surface area (TPSA) is 64.7 Å². The summed E-state index contributed by atoms with van der Waals surface area (Å²) in [6.45, 7) is 2.96. The zero-order valence-corrected chi connectivity index (χ0v) is 15.2. The Kier molecular flexibility index (Phi) is 4.17. The number of nitrogens with zero attached hydrogens (tertiary/aromatic N) is 4. The Balaban J connectivity index is 1.35. The quantitative estimate of drug-likeness (QED) is 0.765. The molecule has 130 valence electrons. The molecule has 1 aliphatic carbocycles. The average molecular weight is 355 g/mol. The van der Waals surface area contributed by atoms with Gasteiger partial charge in [-0.05, 0) is 31.7 Å². The first-order valence-corrected chi connectivity index (χ1v) is 9.32. The summed E-state index contributed by atoms with van der Waals surface area (Å²) in [6.07, 6.45) is 9.63. The number of imidazole rings is 1.